The number of aryl methyl sites for hydroxylation is 1. The van der Waals surface area contributed by atoms with Gasteiger partial charge in [0.1, 0.15) is 11.5 Å². The van der Waals surface area contributed by atoms with Crippen LogP contribution in [0.4, 0.5) is 11.4 Å². The number of thiocarbonyl (C=S) groups is 1. The number of pyridine rings is 1. The Kier molecular flexibility index (Phi) is 7.21. The molecule has 1 aliphatic rings. The zero-order chi connectivity index (χ0) is 27.7. The second-order valence-corrected chi connectivity index (χ2v) is 9.59. The van der Waals surface area contributed by atoms with E-state index in [4.69, 9.17) is 21.7 Å². The molecule has 2 atom stereocenters. The first-order valence-electron chi connectivity index (χ1n) is 12.6. The van der Waals surface area contributed by atoms with E-state index in [1.165, 1.54) is 6.07 Å². The van der Waals surface area contributed by atoms with Gasteiger partial charge in [-0.1, -0.05) is 6.07 Å². The van der Waals surface area contributed by atoms with Gasteiger partial charge >= 0.3 is 0 Å². The third kappa shape index (κ3) is 4.79. The molecular weight excluding hydrogens is 514 g/mol. The van der Waals surface area contributed by atoms with Crippen LogP contribution < -0.4 is 19.7 Å². The van der Waals surface area contributed by atoms with Crippen molar-refractivity contribution in [2.24, 2.45) is 0 Å². The summed E-state index contributed by atoms with van der Waals surface area (Å²) in [5.41, 5.74) is 5.20. The van der Waals surface area contributed by atoms with E-state index in [1.54, 1.807) is 25.4 Å². The Morgan fingerprint density at radius 1 is 1.10 bits per heavy atom. The van der Waals surface area contributed by atoms with E-state index in [9.17, 15) is 10.1 Å². The summed E-state index contributed by atoms with van der Waals surface area (Å²) >= 11 is 5.88. The molecule has 5 rings (SSSR count). The van der Waals surface area contributed by atoms with Gasteiger partial charge in [0.25, 0.3) is 5.69 Å². The zero-order valence-corrected chi connectivity index (χ0v) is 22.9. The molecule has 1 fully saturated rings. The van der Waals surface area contributed by atoms with Crippen LogP contribution in [0.2, 0.25) is 0 Å². The normalized spacial score (nSPS) is 16.7. The van der Waals surface area contributed by atoms with E-state index in [0.717, 1.165) is 34.1 Å². The van der Waals surface area contributed by atoms with Gasteiger partial charge < -0.3 is 24.3 Å². The maximum atomic E-state index is 11.6. The molecule has 1 N–H and O–H groups in total. The summed E-state index contributed by atoms with van der Waals surface area (Å²) in [6, 6.07) is 19.9. The molecule has 10 heteroatoms. The van der Waals surface area contributed by atoms with Crippen molar-refractivity contribution in [3.05, 3.63) is 106 Å². The number of ether oxygens (including phenoxy) is 2. The molecule has 0 amide bonds. The van der Waals surface area contributed by atoms with Crippen molar-refractivity contribution in [3.8, 4) is 17.2 Å². The number of methoxy groups -OCH3 is 1. The Morgan fingerprint density at radius 2 is 1.87 bits per heavy atom. The lowest BCUT2D eigenvalue weighted by molar-refractivity contribution is -0.384. The summed E-state index contributed by atoms with van der Waals surface area (Å²) in [5, 5.41) is 15.7. The van der Waals surface area contributed by atoms with Crippen LogP contribution in [0, 0.1) is 24.0 Å². The van der Waals surface area contributed by atoms with Crippen LogP contribution in [-0.2, 0) is 0 Å². The molecule has 0 unspecified atom stereocenters. The number of nitro groups is 1. The molecule has 39 heavy (non-hydrogen) atoms. The highest BCUT2D eigenvalue weighted by Crippen LogP contribution is 2.44. The van der Waals surface area contributed by atoms with Gasteiger partial charge in [0.15, 0.2) is 5.11 Å². The molecule has 200 valence electrons. The molecule has 0 bridgehead atoms. The van der Waals surface area contributed by atoms with Gasteiger partial charge in [0.05, 0.1) is 42.1 Å². The van der Waals surface area contributed by atoms with E-state index in [0.29, 0.717) is 23.2 Å². The molecule has 4 aromatic rings. The Labute approximate surface area is 232 Å². The van der Waals surface area contributed by atoms with Crippen molar-refractivity contribution in [2.45, 2.75) is 32.9 Å². The first kappa shape index (κ1) is 26.2. The fourth-order valence-electron chi connectivity index (χ4n) is 5.24. The predicted octanol–water partition coefficient (Wildman–Crippen LogP) is 5.98. The molecule has 1 aliphatic heterocycles. The number of non-ortho nitro benzene ring substituents is 1. The summed E-state index contributed by atoms with van der Waals surface area (Å²) in [6.07, 6.45) is 1.77. The standard InChI is InChI=1S/C29H29N5O4S/c1-5-38-22-12-9-20(10-13-22)33-28(27(31-29(33)39)24-8-6-7-15-30-24)23-16-18(2)32(19(23)3)25-17-21(34(35)36)11-14-26(25)37-4/h6-17,27-28H,5H2,1-4H3,(H,31,39)/t27-,28-/m0/s1. The average Bonchev–Trinajstić information content (AvgIpc) is 3.44. The van der Waals surface area contributed by atoms with E-state index in [2.05, 4.69) is 21.3 Å². The zero-order valence-electron chi connectivity index (χ0n) is 22.1. The van der Waals surface area contributed by atoms with Crippen LogP contribution in [0.15, 0.2) is 72.9 Å². The lowest BCUT2D eigenvalue weighted by Gasteiger charge is -2.28. The molecule has 0 radical (unpaired) electrons. The topological polar surface area (TPSA) is 94.7 Å². The third-order valence-electron chi connectivity index (χ3n) is 6.93. The monoisotopic (exact) mass is 543 g/mol. The van der Waals surface area contributed by atoms with E-state index in [-0.39, 0.29) is 17.8 Å². The largest absolute Gasteiger partial charge is 0.495 e. The van der Waals surface area contributed by atoms with Crippen LogP contribution in [-0.4, -0.2) is 33.3 Å². The number of hydrogen-bond acceptors (Lipinski definition) is 6. The first-order valence-corrected chi connectivity index (χ1v) is 13.0. The van der Waals surface area contributed by atoms with E-state index >= 15 is 0 Å². The summed E-state index contributed by atoms with van der Waals surface area (Å²) in [4.78, 5) is 17.9. The highest BCUT2D eigenvalue weighted by molar-refractivity contribution is 7.80. The summed E-state index contributed by atoms with van der Waals surface area (Å²) in [6.45, 7) is 6.52. The second kappa shape index (κ2) is 10.7. The average molecular weight is 544 g/mol. The van der Waals surface area contributed by atoms with Crippen molar-refractivity contribution in [1.82, 2.24) is 14.9 Å². The van der Waals surface area contributed by atoms with Crippen LogP contribution in [0.25, 0.3) is 5.69 Å². The van der Waals surface area contributed by atoms with Gasteiger partial charge in [0, 0.05) is 35.4 Å². The van der Waals surface area contributed by atoms with Gasteiger partial charge in [-0.3, -0.25) is 15.1 Å². The quantitative estimate of drug-likeness (QED) is 0.165. The minimum absolute atomic E-state index is 0.00839. The van der Waals surface area contributed by atoms with Gasteiger partial charge in [-0.2, -0.15) is 0 Å². The molecule has 3 heterocycles. The molecular formula is C29H29N5O4S. The lowest BCUT2D eigenvalue weighted by atomic mass is 9.96. The van der Waals surface area contributed by atoms with E-state index in [1.807, 2.05) is 67.8 Å². The van der Waals surface area contributed by atoms with Crippen molar-refractivity contribution in [3.63, 3.8) is 0 Å². The highest BCUT2D eigenvalue weighted by Gasteiger charge is 2.42. The minimum atomic E-state index is -0.401. The Bertz CT molecular complexity index is 1520. The van der Waals surface area contributed by atoms with Gasteiger partial charge in [0.2, 0.25) is 0 Å². The highest BCUT2D eigenvalue weighted by atomic mass is 32.1. The summed E-state index contributed by atoms with van der Waals surface area (Å²) in [5.74, 6) is 1.33. The van der Waals surface area contributed by atoms with Gasteiger partial charge in [-0.25, -0.2) is 0 Å². The van der Waals surface area contributed by atoms with Crippen molar-refractivity contribution in [1.29, 1.82) is 0 Å². The number of nitrogens with one attached hydrogen (secondary N) is 1. The Hall–Kier alpha value is -4.44. The molecule has 0 saturated carbocycles. The number of nitro benzene ring substituents is 1. The number of hydrogen-bond donors (Lipinski definition) is 1. The van der Waals surface area contributed by atoms with Crippen molar-refractivity contribution >= 4 is 28.7 Å². The number of anilines is 1. The van der Waals surface area contributed by atoms with Crippen LogP contribution in [0.3, 0.4) is 0 Å². The van der Waals surface area contributed by atoms with Crippen LogP contribution in [0.5, 0.6) is 11.5 Å². The third-order valence-corrected chi connectivity index (χ3v) is 7.24. The molecule has 1 saturated heterocycles. The number of nitrogens with zero attached hydrogens (tertiary/aromatic N) is 4. The fraction of sp³-hybridized carbons (Fsp3) is 0.241. The molecule has 2 aromatic carbocycles. The Balaban J connectivity index is 1.67. The van der Waals surface area contributed by atoms with Crippen LogP contribution >= 0.6 is 12.2 Å². The fourth-order valence-corrected chi connectivity index (χ4v) is 5.59. The SMILES string of the molecule is CCOc1ccc(N2C(=S)N[C@@H](c3ccccn3)[C@@H]2c2cc(C)n(-c3cc([N+](=O)[O-])ccc3OC)c2C)cc1. The predicted molar refractivity (Wildman–Crippen MR) is 154 cm³/mol. The van der Waals surface area contributed by atoms with Gasteiger partial charge in [-0.15, -0.1) is 0 Å². The van der Waals surface area contributed by atoms with Crippen LogP contribution in [0.1, 0.15) is 41.7 Å². The van der Waals surface area contributed by atoms with Crippen molar-refractivity contribution < 1.29 is 14.4 Å². The van der Waals surface area contributed by atoms with Crippen molar-refractivity contribution in [2.75, 3.05) is 18.6 Å². The molecule has 0 aliphatic carbocycles. The minimum Gasteiger partial charge on any atom is -0.495 e. The Morgan fingerprint density at radius 3 is 2.51 bits per heavy atom. The maximum absolute atomic E-state index is 11.6. The second-order valence-electron chi connectivity index (χ2n) is 9.20. The first-order chi connectivity index (χ1) is 18.8. The molecule has 0 spiro atoms. The summed E-state index contributed by atoms with van der Waals surface area (Å²) in [7, 11) is 1.56. The molecule has 9 nitrogen and oxygen atoms in total. The smallest absolute Gasteiger partial charge is 0.271 e. The number of aromatic nitrogens is 2. The summed E-state index contributed by atoms with van der Waals surface area (Å²) < 4.78 is 13.2. The molecule has 2 aromatic heterocycles. The number of rotatable bonds is 8. The van der Waals surface area contributed by atoms with E-state index < -0.39 is 4.92 Å². The maximum Gasteiger partial charge on any atom is 0.271 e. The number of benzene rings is 2. The lowest BCUT2D eigenvalue weighted by Crippen LogP contribution is -2.29. The van der Waals surface area contributed by atoms with Gasteiger partial charge in [-0.05, 0) is 87.1 Å².